The summed E-state index contributed by atoms with van der Waals surface area (Å²) in [6.45, 7) is 4.22. The van der Waals surface area contributed by atoms with Gasteiger partial charge in [-0.15, -0.1) is 12.4 Å². The number of aryl methyl sites for hydroxylation is 1. The molecule has 0 aliphatic carbocycles. The topological polar surface area (TPSA) is 71.1 Å². The van der Waals surface area contributed by atoms with Crippen LogP contribution in [0.15, 0.2) is 42.5 Å². The first kappa shape index (κ1) is 16.8. The third-order valence-electron chi connectivity index (χ3n) is 3.44. The highest BCUT2D eigenvalue weighted by Gasteiger charge is 2.14. The number of para-hydroxylation sites is 1. The van der Waals surface area contributed by atoms with Crippen molar-refractivity contribution >= 4 is 23.3 Å². The molecule has 0 bridgehead atoms. The predicted molar refractivity (Wildman–Crippen MR) is 91.7 cm³/mol. The fourth-order valence-corrected chi connectivity index (χ4v) is 2.40. The first-order chi connectivity index (χ1) is 10.6. The maximum Gasteiger partial charge on any atom is 0.303 e. The zero-order chi connectivity index (χ0) is 15.7. The highest BCUT2D eigenvalue weighted by atomic mass is 35.5. The highest BCUT2D eigenvalue weighted by molar-refractivity contribution is 5.85. The van der Waals surface area contributed by atoms with Crippen molar-refractivity contribution in [1.29, 1.82) is 5.41 Å². The summed E-state index contributed by atoms with van der Waals surface area (Å²) in [7, 11) is 0. The maximum absolute atomic E-state index is 10.2. The van der Waals surface area contributed by atoms with Crippen molar-refractivity contribution in [3.8, 4) is 17.4 Å². The molecule has 5 nitrogen and oxygen atoms in total. The van der Waals surface area contributed by atoms with E-state index in [1.807, 2.05) is 50.2 Å². The molecule has 6 heteroatoms. The zero-order valence-corrected chi connectivity index (χ0v) is 13.7. The van der Waals surface area contributed by atoms with Crippen LogP contribution in [0, 0.1) is 12.3 Å². The van der Waals surface area contributed by atoms with E-state index in [4.69, 9.17) is 10.1 Å². The average molecular weight is 332 g/mol. The number of hydrogen-bond donors (Lipinski definition) is 2. The number of ether oxygens (including phenoxy) is 1. The van der Waals surface area contributed by atoms with Crippen molar-refractivity contribution in [2.45, 2.75) is 13.8 Å². The molecule has 2 aromatic carbocycles. The SMILES string of the molecule is CCOc1nc2ccccc2c(=N)n1-c1cc(C)ccc1O.Cl. The summed E-state index contributed by atoms with van der Waals surface area (Å²) < 4.78 is 7.13. The van der Waals surface area contributed by atoms with Crippen molar-refractivity contribution < 1.29 is 9.84 Å². The Bertz CT molecular complexity index is 906. The molecule has 0 unspecified atom stereocenters. The van der Waals surface area contributed by atoms with Crippen molar-refractivity contribution in [3.63, 3.8) is 0 Å². The van der Waals surface area contributed by atoms with E-state index in [2.05, 4.69) is 4.98 Å². The van der Waals surface area contributed by atoms with Crippen molar-refractivity contribution in [1.82, 2.24) is 9.55 Å². The van der Waals surface area contributed by atoms with Crippen LogP contribution in [0.25, 0.3) is 16.6 Å². The van der Waals surface area contributed by atoms with Crippen LogP contribution in [-0.2, 0) is 0 Å². The minimum atomic E-state index is 0. The van der Waals surface area contributed by atoms with Gasteiger partial charge in [0, 0.05) is 5.39 Å². The molecule has 0 radical (unpaired) electrons. The molecule has 0 saturated carbocycles. The average Bonchev–Trinajstić information content (AvgIpc) is 2.51. The number of nitrogens with zero attached hydrogens (tertiary/aromatic N) is 2. The Hall–Kier alpha value is -2.53. The van der Waals surface area contributed by atoms with Gasteiger partial charge in [0.25, 0.3) is 0 Å². The summed E-state index contributed by atoms with van der Waals surface area (Å²) in [5.74, 6) is 0.0853. The van der Waals surface area contributed by atoms with E-state index >= 15 is 0 Å². The molecule has 0 fully saturated rings. The molecule has 0 aliphatic rings. The molecular weight excluding hydrogens is 314 g/mol. The van der Waals surface area contributed by atoms with Crippen LogP contribution in [0.4, 0.5) is 0 Å². The molecule has 120 valence electrons. The van der Waals surface area contributed by atoms with Gasteiger partial charge in [0.1, 0.15) is 11.2 Å². The number of halogens is 1. The summed E-state index contributed by atoms with van der Waals surface area (Å²) in [4.78, 5) is 4.48. The molecule has 0 saturated heterocycles. The first-order valence-corrected chi connectivity index (χ1v) is 7.11. The minimum absolute atomic E-state index is 0. The molecule has 0 atom stereocenters. The predicted octanol–water partition coefficient (Wildman–Crippen LogP) is 3.34. The van der Waals surface area contributed by atoms with E-state index in [-0.39, 0.29) is 23.6 Å². The number of nitrogens with one attached hydrogen (secondary N) is 1. The molecule has 3 rings (SSSR count). The summed E-state index contributed by atoms with van der Waals surface area (Å²) in [5, 5.41) is 19.4. The molecule has 0 amide bonds. The van der Waals surface area contributed by atoms with E-state index < -0.39 is 0 Å². The molecule has 0 aliphatic heterocycles. The van der Waals surface area contributed by atoms with Crippen LogP contribution >= 0.6 is 12.4 Å². The Labute approximate surface area is 140 Å². The second-order valence-corrected chi connectivity index (χ2v) is 5.02. The number of aromatic nitrogens is 2. The van der Waals surface area contributed by atoms with Gasteiger partial charge in [0.15, 0.2) is 0 Å². The van der Waals surface area contributed by atoms with E-state index in [0.29, 0.717) is 29.2 Å². The van der Waals surface area contributed by atoms with Crippen LogP contribution in [-0.4, -0.2) is 21.3 Å². The highest BCUT2D eigenvalue weighted by Crippen LogP contribution is 2.26. The van der Waals surface area contributed by atoms with Crippen LogP contribution < -0.4 is 10.2 Å². The zero-order valence-electron chi connectivity index (χ0n) is 12.9. The standard InChI is InChI=1S/C17H17N3O2.ClH/c1-3-22-17-19-13-7-5-4-6-12(13)16(18)20(17)14-10-11(2)8-9-15(14)21;/h4-10,18,21H,3H2,1-2H3;1H. The Balaban J connectivity index is 0.00000192. The van der Waals surface area contributed by atoms with Gasteiger partial charge in [-0.25, -0.2) is 4.57 Å². The van der Waals surface area contributed by atoms with Crippen molar-refractivity contribution in [2.24, 2.45) is 0 Å². The number of rotatable bonds is 3. The van der Waals surface area contributed by atoms with Gasteiger partial charge < -0.3 is 9.84 Å². The van der Waals surface area contributed by atoms with E-state index in [1.54, 1.807) is 6.07 Å². The monoisotopic (exact) mass is 331 g/mol. The molecular formula is C17H18ClN3O2. The fourth-order valence-electron chi connectivity index (χ4n) is 2.40. The summed E-state index contributed by atoms with van der Waals surface area (Å²) in [5.41, 5.74) is 2.40. The number of hydrogen-bond acceptors (Lipinski definition) is 4. The Morgan fingerprint density at radius 2 is 1.96 bits per heavy atom. The Kier molecular flexibility index (Phi) is 4.91. The van der Waals surface area contributed by atoms with Gasteiger partial charge in [0.05, 0.1) is 17.8 Å². The van der Waals surface area contributed by atoms with Crippen molar-refractivity contribution in [2.75, 3.05) is 6.61 Å². The molecule has 1 heterocycles. The number of phenolic OH excluding ortho intramolecular Hbond substituents is 1. The van der Waals surface area contributed by atoms with E-state index in [9.17, 15) is 5.11 Å². The molecule has 1 aromatic heterocycles. The van der Waals surface area contributed by atoms with Crippen LogP contribution in [0.5, 0.6) is 11.8 Å². The number of benzene rings is 2. The van der Waals surface area contributed by atoms with Gasteiger partial charge in [0.2, 0.25) is 0 Å². The van der Waals surface area contributed by atoms with Crippen LogP contribution in [0.1, 0.15) is 12.5 Å². The lowest BCUT2D eigenvalue weighted by Gasteiger charge is -2.16. The lowest BCUT2D eigenvalue weighted by Crippen LogP contribution is -2.22. The number of phenols is 1. The first-order valence-electron chi connectivity index (χ1n) is 7.11. The maximum atomic E-state index is 10.2. The Morgan fingerprint density at radius 3 is 2.70 bits per heavy atom. The van der Waals surface area contributed by atoms with Gasteiger partial charge in [-0.05, 0) is 43.7 Å². The molecule has 3 aromatic rings. The molecule has 2 N–H and O–H groups in total. The summed E-state index contributed by atoms with van der Waals surface area (Å²) >= 11 is 0. The number of aromatic hydroxyl groups is 1. The quantitative estimate of drug-likeness (QED) is 0.773. The summed E-state index contributed by atoms with van der Waals surface area (Å²) in [6.07, 6.45) is 0. The molecule has 23 heavy (non-hydrogen) atoms. The normalized spacial score (nSPS) is 10.3. The van der Waals surface area contributed by atoms with Crippen LogP contribution in [0.3, 0.4) is 0 Å². The minimum Gasteiger partial charge on any atom is -0.506 e. The number of fused-ring (bicyclic) bond motifs is 1. The lowest BCUT2D eigenvalue weighted by molar-refractivity contribution is 0.302. The second kappa shape index (κ2) is 6.71. The van der Waals surface area contributed by atoms with Crippen LogP contribution in [0.2, 0.25) is 0 Å². The smallest absolute Gasteiger partial charge is 0.303 e. The van der Waals surface area contributed by atoms with Gasteiger partial charge in [-0.1, -0.05) is 18.2 Å². The largest absolute Gasteiger partial charge is 0.506 e. The third kappa shape index (κ3) is 3.00. The summed E-state index contributed by atoms with van der Waals surface area (Å²) in [6, 6.07) is 13.0. The van der Waals surface area contributed by atoms with Crippen molar-refractivity contribution in [3.05, 3.63) is 53.5 Å². The lowest BCUT2D eigenvalue weighted by atomic mass is 10.2. The Morgan fingerprint density at radius 1 is 1.22 bits per heavy atom. The second-order valence-electron chi connectivity index (χ2n) is 5.02. The fraction of sp³-hybridized carbons (Fsp3) is 0.176. The third-order valence-corrected chi connectivity index (χ3v) is 3.44. The van der Waals surface area contributed by atoms with Gasteiger partial charge in [-0.3, -0.25) is 5.41 Å². The van der Waals surface area contributed by atoms with E-state index in [1.165, 1.54) is 4.57 Å². The van der Waals surface area contributed by atoms with Gasteiger partial charge >= 0.3 is 6.01 Å². The van der Waals surface area contributed by atoms with E-state index in [0.717, 1.165) is 5.56 Å². The van der Waals surface area contributed by atoms with Gasteiger partial charge in [-0.2, -0.15) is 4.98 Å². The molecule has 0 spiro atoms.